The standard InChI is InChI=1S/C13H10F3N5/c14-13(15,16)10-4-2-1-3-8(10)5-21-6-9-11(17)18-7-19-12(9)20-21/h1-4,6-7H,5H2,(H2,17,18,19,20). The van der Waals surface area contributed by atoms with Crippen LogP contribution < -0.4 is 5.73 Å². The molecule has 0 spiro atoms. The zero-order valence-corrected chi connectivity index (χ0v) is 10.7. The van der Waals surface area contributed by atoms with E-state index in [1.165, 1.54) is 29.3 Å². The van der Waals surface area contributed by atoms with Gasteiger partial charge in [-0.2, -0.15) is 18.3 Å². The average molecular weight is 293 g/mol. The van der Waals surface area contributed by atoms with Gasteiger partial charge in [-0.1, -0.05) is 18.2 Å². The van der Waals surface area contributed by atoms with E-state index in [4.69, 9.17) is 5.73 Å². The molecule has 0 atom stereocenters. The van der Waals surface area contributed by atoms with Gasteiger partial charge in [-0.25, -0.2) is 9.97 Å². The van der Waals surface area contributed by atoms with Crippen LogP contribution in [0.3, 0.4) is 0 Å². The van der Waals surface area contributed by atoms with Crippen molar-refractivity contribution in [2.24, 2.45) is 0 Å². The first-order valence-electron chi connectivity index (χ1n) is 6.04. The van der Waals surface area contributed by atoms with Gasteiger partial charge in [0.2, 0.25) is 0 Å². The Labute approximate surface area is 117 Å². The van der Waals surface area contributed by atoms with Crippen LogP contribution >= 0.6 is 0 Å². The van der Waals surface area contributed by atoms with E-state index < -0.39 is 11.7 Å². The highest BCUT2D eigenvalue weighted by Gasteiger charge is 2.32. The summed E-state index contributed by atoms with van der Waals surface area (Å²) in [5.74, 6) is 0.246. The number of fused-ring (bicyclic) bond motifs is 1. The lowest BCUT2D eigenvalue weighted by molar-refractivity contribution is -0.138. The molecular formula is C13H10F3N5. The molecule has 5 nitrogen and oxygen atoms in total. The lowest BCUT2D eigenvalue weighted by Gasteiger charge is -2.12. The van der Waals surface area contributed by atoms with Crippen LogP contribution in [0.4, 0.5) is 19.0 Å². The highest BCUT2D eigenvalue weighted by Crippen LogP contribution is 2.32. The lowest BCUT2D eigenvalue weighted by Crippen LogP contribution is -2.11. The third-order valence-corrected chi connectivity index (χ3v) is 3.05. The maximum Gasteiger partial charge on any atom is 0.416 e. The molecule has 0 aliphatic heterocycles. The minimum atomic E-state index is -4.40. The van der Waals surface area contributed by atoms with Crippen molar-refractivity contribution < 1.29 is 13.2 Å². The van der Waals surface area contributed by atoms with E-state index in [0.717, 1.165) is 6.07 Å². The van der Waals surface area contributed by atoms with Crippen molar-refractivity contribution in [2.45, 2.75) is 12.7 Å². The Kier molecular flexibility index (Phi) is 3.00. The summed E-state index contributed by atoms with van der Waals surface area (Å²) in [6.45, 7) is -0.0223. The number of rotatable bonds is 2. The molecule has 3 aromatic rings. The maximum absolute atomic E-state index is 12.9. The lowest BCUT2D eigenvalue weighted by atomic mass is 10.1. The number of nitrogens with zero attached hydrogens (tertiary/aromatic N) is 4. The molecule has 21 heavy (non-hydrogen) atoms. The monoisotopic (exact) mass is 293 g/mol. The summed E-state index contributed by atoms with van der Waals surface area (Å²) in [5.41, 5.74) is 5.48. The summed E-state index contributed by atoms with van der Waals surface area (Å²) in [6, 6.07) is 5.38. The van der Waals surface area contributed by atoms with Crippen LogP contribution in [0.2, 0.25) is 0 Å². The van der Waals surface area contributed by atoms with Gasteiger partial charge in [0.1, 0.15) is 12.1 Å². The maximum atomic E-state index is 12.9. The Morgan fingerprint density at radius 2 is 1.90 bits per heavy atom. The fourth-order valence-corrected chi connectivity index (χ4v) is 2.09. The normalized spacial score (nSPS) is 12.0. The van der Waals surface area contributed by atoms with E-state index in [0.29, 0.717) is 11.0 Å². The third kappa shape index (κ3) is 2.51. The molecule has 0 bridgehead atoms. The number of nitrogens with two attached hydrogens (primary N) is 1. The van der Waals surface area contributed by atoms with E-state index in [1.807, 2.05) is 0 Å². The van der Waals surface area contributed by atoms with Crippen molar-refractivity contribution in [3.63, 3.8) is 0 Å². The number of alkyl halides is 3. The van der Waals surface area contributed by atoms with E-state index in [9.17, 15) is 13.2 Å². The number of nitrogen functional groups attached to an aromatic ring is 1. The first-order valence-corrected chi connectivity index (χ1v) is 6.04. The first-order chi connectivity index (χ1) is 9.95. The fraction of sp³-hybridized carbons (Fsp3) is 0.154. The van der Waals surface area contributed by atoms with Gasteiger partial charge in [0, 0.05) is 6.20 Å². The predicted octanol–water partition coefficient (Wildman–Crippen LogP) is 2.48. The topological polar surface area (TPSA) is 69.6 Å². The molecule has 0 amide bonds. The van der Waals surface area contributed by atoms with Gasteiger partial charge in [0.25, 0.3) is 0 Å². The van der Waals surface area contributed by atoms with Crippen molar-refractivity contribution in [1.82, 2.24) is 19.7 Å². The smallest absolute Gasteiger partial charge is 0.383 e. The Morgan fingerprint density at radius 1 is 1.14 bits per heavy atom. The zero-order valence-electron chi connectivity index (χ0n) is 10.7. The molecule has 0 fully saturated rings. The quantitative estimate of drug-likeness (QED) is 0.788. The third-order valence-electron chi connectivity index (χ3n) is 3.05. The van der Waals surface area contributed by atoms with Gasteiger partial charge in [-0.05, 0) is 11.6 Å². The SMILES string of the molecule is Nc1ncnc2nn(Cc3ccccc3C(F)(F)F)cc12. The molecule has 0 saturated heterocycles. The van der Waals surface area contributed by atoms with Crippen LogP contribution in [-0.2, 0) is 12.7 Å². The van der Waals surface area contributed by atoms with Gasteiger partial charge in [0.15, 0.2) is 5.65 Å². The molecule has 2 heterocycles. The summed E-state index contributed by atoms with van der Waals surface area (Å²) in [7, 11) is 0. The van der Waals surface area contributed by atoms with Crippen molar-refractivity contribution in [1.29, 1.82) is 0 Å². The van der Waals surface area contributed by atoms with Crippen molar-refractivity contribution in [3.05, 3.63) is 47.9 Å². The van der Waals surface area contributed by atoms with Crippen molar-refractivity contribution in [2.75, 3.05) is 5.73 Å². The van der Waals surface area contributed by atoms with E-state index in [2.05, 4.69) is 15.1 Å². The van der Waals surface area contributed by atoms with Gasteiger partial charge in [-0.3, -0.25) is 4.68 Å². The molecule has 2 aromatic heterocycles. The van der Waals surface area contributed by atoms with Crippen LogP contribution in [-0.4, -0.2) is 19.7 Å². The van der Waals surface area contributed by atoms with Gasteiger partial charge >= 0.3 is 6.18 Å². The van der Waals surface area contributed by atoms with E-state index >= 15 is 0 Å². The molecule has 108 valence electrons. The van der Waals surface area contributed by atoms with Crippen LogP contribution in [0.5, 0.6) is 0 Å². The molecule has 2 N–H and O–H groups in total. The van der Waals surface area contributed by atoms with Crippen LogP contribution in [0.15, 0.2) is 36.8 Å². The van der Waals surface area contributed by atoms with Crippen molar-refractivity contribution >= 4 is 16.9 Å². The molecule has 0 radical (unpaired) electrons. The average Bonchev–Trinajstić information content (AvgIpc) is 2.82. The molecule has 0 saturated carbocycles. The highest BCUT2D eigenvalue weighted by molar-refractivity contribution is 5.84. The first kappa shape index (κ1) is 13.3. The second kappa shape index (κ2) is 4.72. The number of benzene rings is 1. The number of hydrogen-bond donors (Lipinski definition) is 1. The zero-order chi connectivity index (χ0) is 15.0. The second-order valence-corrected chi connectivity index (χ2v) is 4.48. The molecule has 1 aromatic carbocycles. The van der Waals surface area contributed by atoms with Gasteiger partial charge < -0.3 is 5.73 Å². The second-order valence-electron chi connectivity index (χ2n) is 4.48. The number of aromatic nitrogens is 4. The number of hydrogen-bond acceptors (Lipinski definition) is 4. The van der Waals surface area contributed by atoms with E-state index in [1.54, 1.807) is 6.07 Å². The fourth-order valence-electron chi connectivity index (χ4n) is 2.09. The highest BCUT2D eigenvalue weighted by atomic mass is 19.4. The minimum Gasteiger partial charge on any atom is -0.383 e. The number of anilines is 1. The van der Waals surface area contributed by atoms with E-state index in [-0.39, 0.29) is 17.9 Å². The molecule has 0 aliphatic carbocycles. The molecule has 0 unspecified atom stereocenters. The largest absolute Gasteiger partial charge is 0.416 e. The number of halogens is 3. The van der Waals surface area contributed by atoms with Gasteiger partial charge in [-0.15, -0.1) is 0 Å². The Balaban J connectivity index is 2.01. The predicted molar refractivity (Wildman–Crippen MR) is 70.3 cm³/mol. The summed E-state index contributed by atoms with van der Waals surface area (Å²) in [4.78, 5) is 7.75. The summed E-state index contributed by atoms with van der Waals surface area (Å²) in [6.07, 6.45) is -1.60. The summed E-state index contributed by atoms with van der Waals surface area (Å²) >= 11 is 0. The summed E-state index contributed by atoms with van der Waals surface area (Å²) in [5, 5.41) is 4.63. The Morgan fingerprint density at radius 3 is 2.62 bits per heavy atom. The molecule has 8 heteroatoms. The molecule has 0 aliphatic rings. The van der Waals surface area contributed by atoms with Crippen molar-refractivity contribution in [3.8, 4) is 0 Å². The summed E-state index contributed by atoms with van der Waals surface area (Å²) < 4.78 is 40.2. The minimum absolute atomic E-state index is 0.0223. The van der Waals surface area contributed by atoms with Crippen LogP contribution in [0, 0.1) is 0 Å². The Hall–Kier alpha value is -2.64. The molecule has 3 rings (SSSR count). The van der Waals surface area contributed by atoms with Crippen LogP contribution in [0.1, 0.15) is 11.1 Å². The van der Waals surface area contributed by atoms with Gasteiger partial charge in [0.05, 0.1) is 17.5 Å². The Bertz CT molecular complexity index is 794. The van der Waals surface area contributed by atoms with Crippen LogP contribution in [0.25, 0.3) is 11.0 Å². The molecular weight excluding hydrogens is 283 g/mol.